The highest BCUT2D eigenvalue weighted by Gasteiger charge is 2.27. The van der Waals surface area contributed by atoms with Crippen molar-refractivity contribution in [3.05, 3.63) is 15.8 Å². The monoisotopic (exact) mass is 270 g/mol. The van der Waals surface area contributed by atoms with Crippen LogP contribution in [0.25, 0.3) is 0 Å². The van der Waals surface area contributed by atoms with Gasteiger partial charge in [0.15, 0.2) is 0 Å². The Labute approximate surface area is 110 Å². The second-order valence-electron chi connectivity index (χ2n) is 4.41. The number of hydrogen-bond acceptors (Lipinski definition) is 5. The molecule has 1 aromatic rings. The molecule has 2 heterocycles. The number of hydrogen-bond donors (Lipinski definition) is 1. The van der Waals surface area contributed by atoms with Crippen LogP contribution in [-0.2, 0) is 13.5 Å². The lowest BCUT2D eigenvalue weighted by Crippen LogP contribution is -2.26. The smallest absolute Gasteiger partial charge is 0.333 e. The SMILES string of the molecule is CCc1nn(C)c(NC2CCSCC2)c1[N+](=O)[O-]. The average molecular weight is 270 g/mol. The van der Waals surface area contributed by atoms with E-state index in [9.17, 15) is 10.1 Å². The Kier molecular flexibility index (Phi) is 4.11. The van der Waals surface area contributed by atoms with Crippen LogP contribution in [0.1, 0.15) is 25.5 Å². The Bertz CT molecular complexity index is 440. The van der Waals surface area contributed by atoms with Crippen molar-refractivity contribution in [3.8, 4) is 0 Å². The molecule has 0 unspecified atom stereocenters. The second-order valence-corrected chi connectivity index (χ2v) is 5.63. The minimum absolute atomic E-state index is 0.137. The molecule has 0 aliphatic carbocycles. The number of rotatable bonds is 4. The van der Waals surface area contributed by atoms with E-state index in [2.05, 4.69) is 10.4 Å². The lowest BCUT2D eigenvalue weighted by atomic mass is 10.1. The van der Waals surface area contributed by atoms with Crippen LogP contribution in [0, 0.1) is 10.1 Å². The zero-order valence-electron chi connectivity index (χ0n) is 10.7. The maximum atomic E-state index is 11.2. The third-order valence-corrected chi connectivity index (χ3v) is 4.22. The Balaban J connectivity index is 2.25. The molecular weight excluding hydrogens is 252 g/mol. The molecule has 0 radical (unpaired) electrons. The predicted octanol–water partition coefficient (Wildman–Crippen LogP) is 2.20. The van der Waals surface area contributed by atoms with Crippen molar-refractivity contribution in [2.75, 3.05) is 16.8 Å². The molecule has 0 bridgehead atoms. The number of aryl methyl sites for hydroxylation is 2. The molecule has 0 atom stereocenters. The molecular formula is C11H18N4O2S. The quantitative estimate of drug-likeness (QED) is 0.670. The average Bonchev–Trinajstić information content (AvgIpc) is 2.67. The lowest BCUT2D eigenvalue weighted by Gasteiger charge is -2.22. The van der Waals surface area contributed by atoms with Gasteiger partial charge in [0, 0.05) is 13.1 Å². The fourth-order valence-electron chi connectivity index (χ4n) is 2.20. The molecule has 1 fully saturated rings. The van der Waals surface area contributed by atoms with Crippen LogP contribution in [-0.4, -0.2) is 32.3 Å². The van der Waals surface area contributed by atoms with E-state index in [-0.39, 0.29) is 10.6 Å². The molecule has 1 aliphatic heterocycles. The largest absolute Gasteiger partial charge is 0.362 e. The van der Waals surface area contributed by atoms with Crippen molar-refractivity contribution in [1.29, 1.82) is 0 Å². The van der Waals surface area contributed by atoms with Crippen LogP contribution in [0.2, 0.25) is 0 Å². The van der Waals surface area contributed by atoms with Gasteiger partial charge in [0.25, 0.3) is 0 Å². The number of nitro groups is 1. The molecule has 100 valence electrons. The van der Waals surface area contributed by atoms with E-state index in [4.69, 9.17) is 0 Å². The summed E-state index contributed by atoms with van der Waals surface area (Å²) in [6.45, 7) is 1.89. The third kappa shape index (κ3) is 2.60. The first-order chi connectivity index (χ1) is 8.63. The van der Waals surface area contributed by atoms with E-state index >= 15 is 0 Å². The van der Waals surface area contributed by atoms with Crippen LogP contribution in [0.3, 0.4) is 0 Å². The van der Waals surface area contributed by atoms with E-state index in [0.29, 0.717) is 24.0 Å². The highest BCUT2D eigenvalue weighted by Crippen LogP contribution is 2.30. The van der Waals surface area contributed by atoms with Crippen LogP contribution in [0.4, 0.5) is 11.5 Å². The molecule has 2 rings (SSSR count). The summed E-state index contributed by atoms with van der Waals surface area (Å²) < 4.78 is 1.60. The molecule has 1 aliphatic rings. The molecule has 0 aromatic carbocycles. The van der Waals surface area contributed by atoms with E-state index in [1.54, 1.807) is 11.7 Å². The number of anilines is 1. The summed E-state index contributed by atoms with van der Waals surface area (Å²) in [5, 5.41) is 18.7. The first-order valence-electron chi connectivity index (χ1n) is 6.18. The van der Waals surface area contributed by atoms with Crippen LogP contribution < -0.4 is 5.32 Å². The first kappa shape index (κ1) is 13.2. The van der Waals surface area contributed by atoms with Crippen molar-refractivity contribution in [2.45, 2.75) is 32.2 Å². The van der Waals surface area contributed by atoms with Crippen molar-refractivity contribution >= 4 is 23.3 Å². The molecule has 1 aromatic heterocycles. The summed E-state index contributed by atoms with van der Waals surface area (Å²) in [6, 6.07) is 0.324. The van der Waals surface area contributed by atoms with Crippen LogP contribution >= 0.6 is 11.8 Å². The topological polar surface area (TPSA) is 73.0 Å². The predicted molar refractivity (Wildman–Crippen MR) is 73.2 cm³/mol. The standard InChI is InChI=1S/C11H18N4O2S/c1-3-9-10(15(16)17)11(14(2)13-9)12-8-4-6-18-7-5-8/h8,12H,3-7H2,1-2H3. The van der Waals surface area contributed by atoms with Gasteiger partial charge in [0.2, 0.25) is 5.82 Å². The van der Waals surface area contributed by atoms with Gasteiger partial charge in [-0.25, -0.2) is 4.68 Å². The molecule has 1 saturated heterocycles. The van der Waals surface area contributed by atoms with Gasteiger partial charge in [-0.05, 0) is 30.8 Å². The van der Waals surface area contributed by atoms with Gasteiger partial charge in [0.05, 0.1) is 4.92 Å². The molecule has 7 heteroatoms. The number of nitrogens with zero attached hydrogens (tertiary/aromatic N) is 3. The molecule has 18 heavy (non-hydrogen) atoms. The summed E-state index contributed by atoms with van der Waals surface area (Å²) >= 11 is 1.94. The van der Waals surface area contributed by atoms with E-state index in [1.807, 2.05) is 18.7 Å². The number of aromatic nitrogens is 2. The third-order valence-electron chi connectivity index (χ3n) is 3.17. The Morgan fingerprint density at radius 3 is 2.78 bits per heavy atom. The normalized spacial score (nSPS) is 16.8. The number of nitrogens with one attached hydrogen (secondary N) is 1. The van der Waals surface area contributed by atoms with Crippen molar-refractivity contribution in [3.63, 3.8) is 0 Å². The molecule has 0 amide bonds. The van der Waals surface area contributed by atoms with E-state index in [0.717, 1.165) is 24.3 Å². The lowest BCUT2D eigenvalue weighted by molar-refractivity contribution is -0.384. The van der Waals surface area contributed by atoms with Crippen molar-refractivity contribution in [2.24, 2.45) is 7.05 Å². The van der Waals surface area contributed by atoms with Gasteiger partial charge in [0.1, 0.15) is 5.69 Å². The molecule has 1 N–H and O–H groups in total. The Morgan fingerprint density at radius 1 is 1.56 bits per heavy atom. The maximum absolute atomic E-state index is 11.2. The Hall–Kier alpha value is -1.24. The molecule has 6 nitrogen and oxygen atoms in total. The fraction of sp³-hybridized carbons (Fsp3) is 0.727. The van der Waals surface area contributed by atoms with Crippen LogP contribution in [0.5, 0.6) is 0 Å². The highest BCUT2D eigenvalue weighted by atomic mass is 32.2. The van der Waals surface area contributed by atoms with E-state index < -0.39 is 0 Å². The van der Waals surface area contributed by atoms with Gasteiger partial charge in [-0.15, -0.1) is 0 Å². The summed E-state index contributed by atoms with van der Waals surface area (Å²) in [5.41, 5.74) is 0.688. The zero-order valence-corrected chi connectivity index (χ0v) is 11.5. The second kappa shape index (κ2) is 5.60. The highest BCUT2D eigenvalue weighted by molar-refractivity contribution is 7.99. The summed E-state index contributed by atoms with van der Waals surface area (Å²) in [5.74, 6) is 2.78. The van der Waals surface area contributed by atoms with Gasteiger partial charge < -0.3 is 5.32 Å². The minimum Gasteiger partial charge on any atom is -0.362 e. The maximum Gasteiger partial charge on any atom is 0.333 e. The van der Waals surface area contributed by atoms with Gasteiger partial charge in [-0.3, -0.25) is 10.1 Å². The van der Waals surface area contributed by atoms with Gasteiger partial charge in [-0.2, -0.15) is 16.9 Å². The van der Waals surface area contributed by atoms with Gasteiger partial charge >= 0.3 is 5.69 Å². The van der Waals surface area contributed by atoms with Crippen LogP contribution in [0.15, 0.2) is 0 Å². The first-order valence-corrected chi connectivity index (χ1v) is 7.33. The summed E-state index contributed by atoms with van der Waals surface area (Å²) in [4.78, 5) is 10.8. The molecule has 0 spiro atoms. The Morgan fingerprint density at radius 2 is 2.22 bits per heavy atom. The minimum atomic E-state index is -0.328. The van der Waals surface area contributed by atoms with E-state index in [1.165, 1.54) is 0 Å². The summed E-state index contributed by atoms with van der Waals surface area (Å²) in [7, 11) is 1.76. The zero-order chi connectivity index (χ0) is 13.1. The summed E-state index contributed by atoms with van der Waals surface area (Å²) in [6.07, 6.45) is 2.68. The fourth-order valence-corrected chi connectivity index (χ4v) is 3.30. The number of thioether (sulfide) groups is 1. The van der Waals surface area contributed by atoms with Gasteiger partial charge in [-0.1, -0.05) is 6.92 Å². The van der Waals surface area contributed by atoms with Crippen molar-refractivity contribution < 1.29 is 4.92 Å². The van der Waals surface area contributed by atoms with Crippen molar-refractivity contribution in [1.82, 2.24) is 9.78 Å². The molecule has 0 saturated carbocycles.